The second kappa shape index (κ2) is 9.80. The number of anilines is 3. The number of hydrogen-bond acceptors (Lipinski definition) is 7. The van der Waals surface area contributed by atoms with E-state index in [4.69, 9.17) is 4.74 Å². The molecule has 0 aliphatic carbocycles. The number of rotatable bonds is 7. The van der Waals surface area contributed by atoms with Crippen LogP contribution in [0.4, 0.5) is 35.0 Å². The number of aryl methyl sites for hydroxylation is 1. The minimum Gasteiger partial charge on any atom is -0.457 e. The van der Waals surface area contributed by atoms with Gasteiger partial charge in [-0.1, -0.05) is 0 Å². The van der Waals surface area contributed by atoms with Gasteiger partial charge in [-0.2, -0.15) is 18.3 Å². The number of alkyl halides is 3. The highest BCUT2D eigenvalue weighted by molar-refractivity contribution is 5.89. The molecule has 3 heterocycles. The second-order valence-corrected chi connectivity index (χ2v) is 8.08. The number of amides is 1. The molecule has 10 nitrogen and oxygen atoms in total. The van der Waals surface area contributed by atoms with E-state index in [1.54, 1.807) is 35.9 Å². The lowest BCUT2D eigenvalue weighted by Gasteiger charge is -2.11. The first-order valence-corrected chi connectivity index (χ1v) is 11.0. The van der Waals surface area contributed by atoms with E-state index in [2.05, 4.69) is 30.7 Å². The zero-order valence-electron chi connectivity index (χ0n) is 19.6. The van der Waals surface area contributed by atoms with E-state index in [0.29, 0.717) is 34.7 Å². The van der Waals surface area contributed by atoms with Crippen molar-refractivity contribution in [3.63, 3.8) is 0 Å². The van der Waals surface area contributed by atoms with Crippen molar-refractivity contribution in [3.8, 4) is 11.5 Å². The van der Waals surface area contributed by atoms with Gasteiger partial charge in [-0.15, -0.1) is 0 Å². The fourth-order valence-corrected chi connectivity index (χ4v) is 3.60. The minimum absolute atomic E-state index is 0.0378. The van der Waals surface area contributed by atoms with Gasteiger partial charge in [-0.25, -0.2) is 24.0 Å². The highest BCUT2D eigenvalue weighted by Crippen LogP contribution is 2.33. The van der Waals surface area contributed by atoms with E-state index in [-0.39, 0.29) is 29.9 Å². The van der Waals surface area contributed by atoms with Crippen LogP contribution in [0.15, 0.2) is 67.4 Å². The summed E-state index contributed by atoms with van der Waals surface area (Å²) in [6.07, 6.45) is -0.417. The largest absolute Gasteiger partial charge is 0.457 e. The molecule has 0 bridgehead atoms. The summed E-state index contributed by atoms with van der Waals surface area (Å²) in [7, 11) is 1.64. The van der Waals surface area contributed by atoms with Crippen molar-refractivity contribution in [2.24, 2.45) is 7.05 Å². The number of pyridine rings is 1. The van der Waals surface area contributed by atoms with Gasteiger partial charge in [-0.05, 0) is 36.4 Å². The maximum Gasteiger partial charge on any atom is 0.416 e. The zero-order valence-corrected chi connectivity index (χ0v) is 19.6. The van der Waals surface area contributed by atoms with E-state index < -0.39 is 17.6 Å². The van der Waals surface area contributed by atoms with Crippen LogP contribution >= 0.6 is 0 Å². The Morgan fingerprint density at radius 1 is 1.08 bits per heavy atom. The first-order chi connectivity index (χ1) is 18.2. The molecule has 5 rings (SSSR count). The fourth-order valence-electron chi connectivity index (χ4n) is 3.60. The molecule has 14 heteroatoms. The summed E-state index contributed by atoms with van der Waals surface area (Å²) in [5.74, 6) is -0.0183. The topological polar surface area (TPSA) is 112 Å². The van der Waals surface area contributed by atoms with Gasteiger partial charge in [0.25, 0.3) is 0 Å². The van der Waals surface area contributed by atoms with E-state index in [1.165, 1.54) is 29.6 Å². The number of fused-ring (bicyclic) bond motifs is 1. The summed E-state index contributed by atoms with van der Waals surface area (Å²) in [6.45, 7) is -0.0378. The summed E-state index contributed by atoms with van der Waals surface area (Å²) in [5.41, 5.74) is -0.259. The molecule has 2 aromatic carbocycles. The Balaban J connectivity index is 1.33. The number of hydrogen-bond donors (Lipinski definition) is 2. The molecule has 194 valence electrons. The van der Waals surface area contributed by atoms with Crippen LogP contribution in [0.1, 0.15) is 5.56 Å². The molecule has 0 unspecified atom stereocenters. The van der Waals surface area contributed by atoms with Gasteiger partial charge in [-0.3, -0.25) is 4.79 Å². The molecule has 38 heavy (non-hydrogen) atoms. The van der Waals surface area contributed by atoms with Crippen molar-refractivity contribution >= 4 is 34.4 Å². The van der Waals surface area contributed by atoms with Gasteiger partial charge < -0.3 is 19.9 Å². The van der Waals surface area contributed by atoms with E-state index in [9.17, 15) is 22.4 Å². The number of halogens is 4. The van der Waals surface area contributed by atoms with Crippen molar-refractivity contribution in [2.75, 3.05) is 10.6 Å². The Morgan fingerprint density at radius 2 is 1.89 bits per heavy atom. The minimum atomic E-state index is -4.62. The molecule has 0 saturated carbocycles. The molecule has 0 radical (unpaired) electrons. The normalized spacial score (nSPS) is 11.5. The van der Waals surface area contributed by atoms with Gasteiger partial charge in [0.2, 0.25) is 11.9 Å². The molecule has 0 aliphatic heterocycles. The summed E-state index contributed by atoms with van der Waals surface area (Å²) >= 11 is 0. The highest BCUT2D eigenvalue weighted by Gasteiger charge is 2.31. The van der Waals surface area contributed by atoms with E-state index in [0.717, 1.165) is 6.07 Å². The predicted octanol–water partition coefficient (Wildman–Crippen LogP) is 4.89. The van der Waals surface area contributed by atoms with Crippen LogP contribution in [0.3, 0.4) is 0 Å². The van der Waals surface area contributed by atoms with Gasteiger partial charge >= 0.3 is 6.18 Å². The average molecular weight is 526 g/mol. The standard InChI is InChI=1S/C24H18F4N8O2/c1-35-20-5-3-15(38-16-6-7-30-21(10-16)34-22(37)11-36-13-29-12-31-36)9-19(20)33-23(35)32-18-8-14(24(26,27)28)2-4-17(18)25/h2-10,12-13H,11H2,1H3,(H,32,33)(H,30,34,37). The van der Waals surface area contributed by atoms with E-state index in [1.807, 2.05) is 0 Å². The van der Waals surface area contributed by atoms with Crippen molar-refractivity contribution in [1.29, 1.82) is 0 Å². The van der Waals surface area contributed by atoms with Gasteiger partial charge in [0.1, 0.15) is 42.3 Å². The fraction of sp³-hybridized carbons (Fsp3) is 0.125. The first-order valence-electron chi connectivity index (χ1n) is 11.0. The van der Waals surface area contributed by atoms with Crippen LogP contribution < -0.4 is 15.4 Å². The molecule has 5 aromatic rings. The Bertz CT molecular complexity index is 1620. The van der Waals surface area contributed by atoms with Crippen LogP contribution in [0.5, 0.6) is 11.5 Å². The molecule has 0 fully saturated rings. The van der Waals surface area contributed by atoms with E-state index >= 15 is 0 Å². The molecule has 3 aromatic heterocycles. The number of carbonyl (C=O) groups excluding carboxylic acids is 1. The quantitative estimate of drug-likeness (QED) is 0.291. The molecule has 2 N–H and O–H groups in total. The third kappa shape index (κ3) is 5.38. The Hall–Kier alpha value is -5.01. The molecule has 0 spiro atoms. The lowest BCUT2D eigenvalue weighted by molar-refractivity contribution is -0.137. The molecule has 1 amide bonds. The summed E-state index contributed by atoms with van der Waals surface area (Å²) in [5, 5.41) is 9.14. The maximum atomic E-state index is 14.2. The first kappa shape index (κ1) is 24.7. The number of nitrogens with zero attached hydrogens (tertiary/aromatic N) is 6. The Morgan fingerprint density at radius 3 is 2.66 bits per heavy atom. The zero-order chi connectivity index (χ0) is 26.9. The highest BCUT2D eigenvalue weighted by atomic mass is 19.4. The number of nitrogens with one attached hydrogen (secondary N) is 2. The smallest absolute Gasteiger partial charge is 0.416 e. The monoisotopic (exact) mass is 526 g/mol. The number of carbonyl (C=O) groups is 1. The number of imidazole rings is 1. The Labute approximate surface area is 211 Å². The van der Waals surface area contributed by atoms with Crippen LogP contribution in [-0.4, -0.2) is 35.2 Å². The van der Waals surface area contributed by atoms with Crippen molar-refractivity contribution in [2.45, 2.75) is 12.7 Å². The lowest BCUT2D eigenvalue weighted by atomic mass is 10.2. The second-order valence-electron chi connectivity index (χ2n) is 8.08. The third-order valence-electron chi connectivity index (χ3n) is 5.40. The summed E-state index contributed by atoms with van der Waals surface area (Å²) < 4.78 is 62.2. The maximum absolute atomic E-state index is 14.2. The lowest BCUT2D eigenvalue weighted by Crippen LogP contribution is -2.19. The Kier molecular flexibility index (Phi) is 6.36. The molecule has 0 saturated heterocycles. The SMILES string of the molecule is Cn1c(Nc2cc(C(F)(F)F)ccc2F)nc2cc(Oc3ccnc(NC(=O)Cn4cncn4)c3)ccc21. The molecular weight excluding hydrogens is 508 g/mol. The van der Waals surface area contributed by atoms with Crippen LogP contribution in [0.2, 0.25) is 0 Å². The number of benzene rings is 2. The van der Waals surface area contributed by atoms with Gasteiger partial charge in [0, 0.05) is 25.4 Å². The van der Waals surface area contributed by atoms with Gasteiger partial charge in [0.15, 0.2) is 0 Å². The average Bonchev–Trinajstić information content (AvgIpc) is 3.47. The molecule has 0 atom stereocenters. The van der Waals surface area contributed by atoms with Crippen LogP contribution in [-0.2, 0) is 24.6 Å². The van der Waals surface area contributed by atoms with Crippen LogP contribution in [0.25, 0.3) is 11.0 Å². The van der Waals surface area contributed by atoms with Crippen molar-refractivity contribution < 1.29 is 27.1 Å². The molecule has 0 aliphatic rings. The summed E-state index contributed by atoms with van der Waals surface area (Å²) in [4.78, 5) is 24.4. The van der Waals surface area contributed by atoms with Crippen molar-refractivity contribution in [3.05, 3.63) is 78.8 Å². The van der Waals surface area contributed by atoms with Crippen LogP contribution in [0, 0.1) is 5.82 Å². The number of ether oxygens (including phenoxy) is 1. The van der Waals surface area contributed by atoms with Crippen molar-refractivity contribution in [1.82, 2.24) is 29.3 Å². The number of aromatic nitrogens is 6. The summed E-state index contributed by atoms with van der Waals surface area (Å²) in [6, 6.07) is 10.2. The third-order valence-corrected chi connectivity index (χ3v) is 5.40. The predicted molar refractivity (Wildman–Crippen MR) is 128 cm³/mol. The molecular formula is C24H18F4N8O2. The van der Waals surface area contributed by atoms with Gasteiger partial charge in [0.05, 0.1) is 22.3 Å².